The van der Waals surface area contributed by atoms with Crippen LogP contribution in [-0.4, -0.2) is 26.6 Å². The molecule has 0 aliphatic rings. The van der Waals surface area contributed by atoms with Crippen molar-refractivity contribution in [3.63, 3.8) is 0 Å². The van der Waals surface area contributed by atoms with Crippen LogP contribution in [0, 0.1) is 11.6 Å². The molecule has 0 fully saturated rings. The molecule has 0 aliphatic heterocycles. The molecule has 3 aromatic rings. The number of aliphatic hydroxyl groups is 1. The number of hydrogen-bond acceptors (Lipinski definition) is 5. The molecule has 0 radical (unpaired) electrons. The van der Waals surface area contributed by atoms with Gasteiger partial charge in [0.1, 0.15) is 18.2 Å². The average molecular weight is 302 g/mol. The molecule has 2 aromatic heterocycles. The molecule has 0 saturated carbocycles. The minimum Gasteiger partial charge on any atom is -0.385 e. The maximum absolute atomic E-state index is 13.4. The molecular weight excluding hydrogens is 290 g/mol. The normalized spacial score (nSPS) is 12.3. The third-order valence-electron chi connectivity index (χ3n) is 3.17. The second-order valence-electron chi connectivity index (χ2n) is 4.66. The van der Waals surface area contributed by atoms with Crippen molar-refractivity contribution in [3.8, 4) is 0 Å². The second-order valence-corrected chi connectivity index (χ2v) is 4.66. The fraction of sp³-hybridized carbons (Fsp3) is 0.133. The Hall–Kier alpha value is -2.67. The SMILES string of the molecule is OC(CNc1ncnc2cc(F)c(F)cc12)c1ccccn1. The lowest BCUT2D eigenvalue weighted by Gasteiger charge is -2.13. The van der Waals surface area contributed by atoms with Crippen LogP contribution in [-0.2, 0) is 0 Å². The van der Waals surface area contributed by atoms with E-state index in [0.717, 1.165) is 12.1 Å². The number of aromatic nitrogens is 3. The lowest BCUT2D eigenvalue weighted by Crippen LogP contribution is -2.14. The summed E-state index contributed by atoms with van der Waals surface area (Å²) in [7, 11) is 0. The van der Waals surface area contributed by atoms with Crippen LogP contribution in [0.5, 0.6) is 0 Å². The zero-order valence-corrected chi connectivity index (χ0v) is 11.4. The number of fused-ring (bicyclic) bond motifs is 1. The number of halogens is 2. The molecule has 7 heteroatoms. The van der Waals surface area contributed by atoms with Crippen molar-refractivity contribution in [2.45, 2.75) is 6.10 Å². The summed E-state index contributed by atoms with van der Waals surface area (Å²) >= 11 is 0. The van der Waals surface area contributed by atoms with Crippen molar-refractivity contribution in [2.75, 3.05) is 11.9 Å². The van der Waals surface area contributed by atoms with Gasteiger partial charge in [-0.05, 0) is 18.2 Å². The van der Waals surface area contributed by atoms with Crippen LogP contribution in [0.3, 0.4) is 0 Å². The highest BCUT2D eigenvalue weighted by molar-refractivity contribution is 5.88. The van der Waals surface area contributed by atoms with Crippen LogP contribution < -0.4 is 5.32 Å². The number of aliphatic hydroxyl groups excluding tert-OH is 1. The summed E-state index contributed by atoms with van der Waals surface area (Å²) in [5.41, 5.74) is 0.786. The lowest BCUT2D eigenvalue weighted by molar-refractivity contribution is 0.186. The van der Waals surface area contributed by atoms with Crippen molar-refractivity contribution in [1.29, 1.82) is 0 Å². The zero-order valence-electron chi connectivity index (χ0n) is 11.4. The molecule has 0 amide bonds. The fourth-order valence-electron chi connectivity index (χ4n) is 2.06. The highest BCUT2D eigenvalue weighted by atomic mass is 19.2. The number of rotatable bonds is 4. The minimum atomic E-state index is -0.976. The average Bonchev–Trinajstić information content (AvgIpc) is 2.54. The molecule has 2 N–H and O–H groups in total. The van der Waals surface area contributed by atoms with Crippen molar-refractivity contribution in [1.82, 2.24) is 15.0 Å². The molecule has 0 spiro atoms. The minimum absolute atomic E-state index is 0.127. The molecule has 0 saturated heterocycles. The molecule has 0 bridgehead atoms. The van der Waals surface area contributed by atoms with E-state index in [1.807, 2.05) is 0 Å². The van der Waals surface area contributed by atoms with Gasteiger partial charge in [0.05, 0.1) is 11.2 Å². The molecule has 112 valence electrons. The first-order valence-corrected chi connectivity index (χ1v) is 6.58. The lowest BCUT2D eigenvalue weighted by atomic mass is 10.2. The first-order chi connectivity index (χ1) is 10.6. The van der Waals surface area contributed by atoms with E-state index in [9.17, 15) is 13.9 Å². The summed E-state index contributed by atoms with van der Waals surface area (Å²) in [6.07, 6.45) is 1.97. The molecule has 5 nitrogen and oxygen atoms in total. The van der Waals surface area contributed by atoms with E-state index in [1.165, 1.54) is 6.33 Å². The maximum Gasteiger partial charge on any atom is 0.161 e. The van der Waals surface area contributed by atoms with Gasteiger partial charge in [0.2, 0.25) is 0 Å². The molecule has 0 aliphatic carbocycles. The molecule has 2 heterocycles. The molecule has 3 rings (SSSR count). The van der Waals surface area contributed by atoms with Gasteiger partial charge in [0.25, 0.3) is 0 Å². The molecule has 1 atom stereocenters. The topological polar surface area (TPSA) is 70.9 Å². The number of hydrogen-bond donors (Lipinski definition) is 2. The van der Waals surface area contributed by atoms with Gasteiger partial charge in [-0.25, -0.2) is 18.7 Å². The molecule has 1 unspecified atom stereocenters. The standard InChI is InChI=1S/C15H12F2N4O/c16-10-5-9-13(6-11(10)17)20-8-21-15(9)19-7-14(22)12-3-1-2-4-18-12/h1-6,8,14,22H,7H2,(H,19,20,21). The van der Waals surface area contributed by atoms with Crippen molar-refractivity contribution in [3.05, 3.63) is 60.2 Å². The third kappa shape index (κ3) is 2.84. The van der Waals surface area contributed by atoms with E-state index in [-0.39, 0.29) is 12.1 Å². The summed E-state index contributed by atoms with van der Waals surface area (Å²) in [6, 6.07) is 7.25. The van der Waals surface area contributed by atoms with Gasteiger partial charge in [0, 0.05) is 24.2 Å². The van der Waals surface area contributed by atoms with Crippen LogP contribution >= 0.6 is 0 Å². The molecule has 1 aromatic carbocycles. The Kier molecular flexibility index (Phi) is 3.88. The summed E-state index contributed by atoms with van der Waals surface area (Å²) in [4.78, 5) is 11.9. The van der Waals surface area contributed by atoms with E-state index in [0.29, 0.717) is 16.9 Å². The largest absolute Gasteiger partial charge is 0.385 e. The van der Waals surface area contributed by atoms with Crippen molar-refractivity contribution >= 4 is 16.7 Å². The van der Waals surface area contributed by atoms with Gasteiger partial charge < -0.3 is 10.4 Å². The third-order valence-corrected chi connectivity index (χ3v) is 3.17. The van der Waals surface area contributed by atoms with E-state index < -0.39 is 17.7 Å². The van der Waals surface area contributed by atoms with E-state index in [1.54, 1.807) is 24.4 Å². The molecule has 22 heavy (non-hydrogen) atoms. The predicted molar refractivity (Wildman–Crippen MR) is 77.1 cm³/mol. The van der Waals surface area contributed by atoms with Gasteiger partial charge in [-0.3, -0.25) is 4.98 Å². The highest BCUT2D eigenvalue weighted by Gasteiger charge is 2.12. The number of nitrogens with zero attached hydrogens (tertiary/aromatic N) is 3. The summed E-state index contributed by atoms with van der Waals surface area (Å²) in [5, 5.41) is 13.3. The Morgan fingerprint density at radius 3 is 2.68 bits per heavy atom. The zero-order chi connectivity index (χ0) is 15.5. The Morgan fingerprint density at radius 1 is 1.09 bits per heavy atom. The van der Waals surface area contributed by atoms with Gasteiger partial charge >= 0.3 is 0 Å². The first-order valence-electron chi connectivity index (χ1n) is 6.58. The van der Waals surface area contributed by atoms with Gasteiger partial charge in [0.15, 0.2) is 11.6 Å². The summed E-state index contributed by atoms with van der Waals surface area (Å²) in [5.74, 6) is -1.62. The maximum atomic E-state index is 13.4. The number of anilines is 1. The Labute approximate surface area is 124 Å². The first kappa shape index (κ1) is 14.3. The molecular formula is C15H12F2N4O. The summed E-state index contributed by atoms with van der Waals surface area (Å²) < 4.78 is 26.6. The number of nitrogens with one attached hydrogen (secondary N) is 1. The summed E-state index contributed by atoms with van der Waals surface area (Å²) in [6.45, 7) is 0.127. The van der Waals surface area contributed by atoms with Crippen LogP contribution in [0.4, 0.5) is 14.6 Å². The van der Waals surface area contributed by atoms with Gasteiger partial charge in [-0.15, -0.1) is 0 Å². The monoisotopic (exact) mass is 302 g/mol. The van der Waals surface area contributed by atoms with Crippen LogP contribution in [0.2, 0.25) is 0 Å². The van der Waals surface area contributed by atoms with Gasteiger partial charge in [-0.1, -0.05) is 6.07 Å². The Morgan fingerprint density at radius 2 is 1.91 bits per heavy atom. The second kappa shape index (κ2) is 5.98. The van der Waals surface area contributed by atoms with Crippen LogP contribution in [0.15, 0.2) is 42.9 Å². The van der Waals surface area contributed by atoms with E-state index in [4.69, 9.17) is 0 Å². The number of benzene rings is 1. The van der Waals surface area contributed by atoms with E-state index in [2.05, 4.69) is 20.3 Å². The quantitative estimate of drug-likeness (QED) is 0.774. The highest BCUT2D eigenvalue weighted by Crippen LogP contribution is 2.22. The Bertz CT molecular complexity index is 798. The Balaban J connectivity index is 1.84. The fourth-order valence-corrected chi connectivity index (χ4v) is 2.06. The smallest absolute Gasteiger partial charge is 0.161 e. The van der Waals surface area contributed by atoms with E-state index >= 15 is 0 Å². The van der Waals surface area contributed by atoms with Gasteiger partial charge in [-0.2, -0.15) is 0 Å². The number of pyridine rings is 1. The predicted octanol–water partition coefficient (Wildman–Crippen LogP) is 2.45. The van der Waals surface area contributed by atoms with Crippen molar-refractivity contribution in [2.24, 2.45) is 0 Å². The van der Waals surface area contributed by atoms with Crippen molar-refractivity contribution < 1.29 is 13.9 Å². The van der Waals surface area contributed by atoms with Crippen LogP contribution in [0.25, 0.3) is 10.9 Å². The van der Waals surface area contributed by atoms with Crippen LogP contribution in [0.1, 0.15) is 11.8 Å².